The first kappa shape index (κ1) is 15.6. The first-order valence-corrected chi connectivity index (χ1v) is 6.81. The molecule has 96 valence electrons. The van der Waals surface area contributed by atoms with Crippen molar-refractivity contribution in [2.24, 2.45) is 5.92 Å². The minimum atomic E-state index is 0.318. The first-order valence-electron chi connectivity index (χ1n) is 6.81. The molecule has 0 aliphatic heterocycles. The van der Waals surface area contributed by atoms with E-state index in [-0.39, 0.29) is 0 Å². The van der Waals surface area contributed by atoms with Gasteiger partial charge in [-0.2, -0.15) is 0 Å². The molecule has 0 N–H and O–H groups in total. The van der Waals surface area contributed by atoms with Gasteiger partial charge in [0.05, 0.1) is 0 Å². The molecule has 0 aromatic heterocycles. The summed E-state index contributed by atoms with van der Waals surface area (Å²) in [6.45, 7) is 11.8. The summed E-state index contributed by atoms with van der Waals surface area (Å²) in [6, 6.07) is 0. The Bertz CT molecular complexity index is 172. The molecule has 0 heterocycles. The molecule has 0 spiro atoms. The van der Waals surface area contributed by atoms with Crippen LogP contribution in [0.2, 0.25) is 0 Å². The summed E-state index contributed by atoms with van der Waals surface area (Å²) in [6.07, 6.45) is 5.79. The van der Waals surface area contributed by atoms with E-state index in [0.29, 0.717) is 11.7 Å². The number of unbranched alkanes of at least 4 members (excludes halogenated alkanes) is 2. The average molecular weight is 227 g/mol. The highest BCUT2D eigenvalue weighted by atomic mass is 16.1. The van der Waals surface area contributed by atoms with E-state index in [0.717, 1.165) is 13.0 Å². The van der Waals surface area contributed by atoms with E-state index >= 15 is 0 Å². The molecule has 0 radical (unpaired) electrons. The average Bonchev–Trinajstić information content (AvgIpc) is 2.20. The lowest BCUT2D eigenvalue weighted by Crippen LogP contribution is -2.31. The van der Waals surface area contributed by atoms with E-state index in [4.69, 9.17) is 0 Å². The normalized spacial score (nSPS) is 13.1. The van der Waals surface area contributed by atoms with Crippen molar-refractivity contribution in [2.45, 2.75) is 59.8 Å². The number of hydrogen-bond acceptors (Lipinski definition) is 2. The van der Waals surface area contributed by atoms with Crippen LogP contribution < -0.4 is 0 Å². The molecule has 2 heteroatoms. The Hall–Kier alpha value is -0.370. The van der Waals surface area contributed by atoms with Gasteiger partial charge in [0, 0.05) is 13.0 Å². The number of rotatable bonds is 10. The van der Waals surface area contributed by atoms with Crippen molar-refractivity contribution in [3.8, 4) is 0 Å². The zero-order valence-corrected chi connectivity index (χ0v) is 11.6. The third kappa shape index (κ3) is 8.90. The van der Waals surface area contributed by atoms with E-state index in [1.54, 1.807) is 6.92 Å². The molecule has 0 rings (SSSR count). The first-order chi connectivity index (χ1) is 7.60. The maximum absolute atomic E-state index is 11.0. The summed E-state index contributed by atoms with van der Waals surface area (Å²) >= 11 is 0. The standard InChI is InChI=1S/C14H29NO/c1-5-7-9-15(10-8-6-2)12-13(3)11-14(4)16/h13H,5-12H2,1-4H3. The second-order valence-corrected chi connectivity index (χ2v) is 5.02. The molecular weight excluding hydrogens is 198 g/mol. The summed E-state index contributed by atoms with van der Waals surface area (Å²) in [5.74, 6) is 0.824. The maximum Gasteiger partial charge on any atom is 0.130 e. The van der Waals surface area contributed by atoms with E-state index in [9.17, 15) is 4.79 Å². The summed E-state index contributed by atoms with van der Waals surface area (Å²) in [5, 5.41) is 0. The van der Waals surface area contributed by atoms with Gasteiger partial charge in [0.1, 0.15) is 5.78 Å². The third-order valence-corrected chi connectivity index (χ3v) is 2.86. The van der Waals surface area contributed by atoms with Crippen LogP contribution >= 0.6 is 0 Å². The monoisotopic (exact) mass is 227 g/mol. The van der Waals surface area contributed by atoms with Crippen LogP contribution in [0.4, 0.5) is 0 Å². The fourth-order valence-electron chi connectivity index (χ4n) is 2.05. The van der Waals surface area contributed by atoms with Gasteiger partial charge in [0.2, 0.25) is 0 Å². The lowest BCUT2D eigenvalue weighted by Gasteiger charge is -2.25. The van der Waals surface area contributed by atoms with Crippen LogP contribution in [-0.2, 0) is 4.79 Å². The Kier molecular flexibility index (Phi) is 9.60. The van der Waals surface area contributed by atoms with Crippen molar-refractivity contribution in [2.75, 3.05) is 19.6 Å². The van der Waals surface area contributed by atoms with Crippen LogP contribution in [0.3, 0.4) is 0 Å². The topological polar surface area (TPSA) is 20.3 Å². The predicted octanol–water partition coefficient (Wildman–Crippen LogP) is 3.50. The van der Waals surface area contributed by atoms with Crippen LogP contribution in [0.25, 0.3) is 0 Å². The smallest absolute Gasteiger partial charge is 0.130 e. The van der Waals surface area contributed by atoms with Crippen LogP contribution in [0.5, 0.6) is 0 Å². The molecule has 1 atom stereocenters. The van der Waals surface area contributed by atoms with Crippen LogP contribution in [0, 0.1) is 5.92 Å². The van der Waals surface area contributed by atoms with Crippen molar-refractivity contribution in [1.82, 2.24) is 4.90 Å². The van der Waals surface area contributed by atoms with Crippen LogP contribution in [0.1, 0.15) is 59.8 Å². The summed E-state index contributed by atoms with van der Waals surface area (Å²) in [5.41, 5.74) is 0. The van der Waals surface area contributed by atoms with Gasteiger partial charge in [0.15, 0.2) is 0 Å². The molecule has 0 aliphatic carbocycles. The molecule has 0 amide bonds. The van der Waals surface area contributed by atoms with Gasteiger partial charge in [-0.05, 0) is 38.8 Å². The second-order valence-electron chi connectivity index (χ2n) is 5.02. The zero-order valence-electron chi connectivity index (χ0n) is 11.6. The van der Waals surface area contributed by atoms with Crippen molar-refractivity contribution in [1.29, 1.82) is 0 Å². The Labute approximate surface area is 101 Å². The van der Waals surface area contributed by atoms with Crippen molar-refractivity contribution in [3.63, 3.8) is 0 Å². The van der Waals surface area contributed by atoms with E-state index in [2.05, 4.69) is 25.7 Å². The summed E-state index contributed by atoms with van der Waals surface area (Å²) in [4.78, 5) is 13.6. The second kappa shape index (κ2) is 9.83. The number of hydrogen-bond donors (Lipinski definition) is 0. The Morgan fingerprint density at radius 1 is 1.12 bits per heavy atom. The highest BCUT2D eigenvalue weighted by molar-refractivity contribution is 5.75. The van der Waals surface area contributed by atoms with E-state index < -0.39 is 0 Å². The number of Topliss-reactive ketones (excluding diaryl/α,β-unsaturated/α-hetero) is 1. The van der Waals surface area contributed by atoms with Gasteiger partial charge in [-0.1, -0.05) is 33.6 Å². The molecule has 16 heavy (non-hydrogen) atoms. The summed E-state index contributed by atoms with van der Waals surface area (Å²) < 4.78 is 0. The number of nitrogens with zero attached hydrogens (tertiary/aromatic N) is 1. The largest absolute Gasteiger partial charge is 0.303 e. The number of carbonyl (C=O) groups is 1. The number of carbonyl (C=O) groups excluding carboxylic acids is 1. The third-order valence-electron chi connectivity index (χ3n) is 2.86. The fourth-order valence-corrected chi connectivity index (χ4v) is 2.05. The number of ketones is 1. The SMILES string of the molecule is CCCCN(CCCC)CC(C)CC(C)=O. The molecule has 1 unspecified atom stereocenters. The quantitative estimate of drug-likeness (QED) is 0.569. The Balaban J connectivity index is 3.91. The molecule has 0 fully saturated rings. The molecule has 2 nitrogen and oxygen atoms in total. The lowest BCUT2D eigenvalue weighted by atomic mass is 10.0. The van der Waals surface area contributed by atoms with E-state index in [1.807, 2.05) is 0 Å². The van der Waals surface area contributed by atoms with Gasteiger partial charge in [-0.15, -0.1) is 0 Å². The van der Waals surface area contributed by atoms with Crippen LogP contribution in [-0.4, -0.2) is 30.3 Å². The van der Waals surface area contributed by atoms with Gasteiger partial charge in [-0.25, -0.2) is 0 Å². The van der Waals surface area contributed by atoms with Gasteiger partial charge in [0.25, 0.3) is 0 Å². The molecule has 0 aromatic rings. The predicted molar refractivity (Wildman–Crippen MR) is 70.7 cm³/mol. The van der Waals surface area contributed by atoms with Gasteiger partial charge < -0.3 is 9.69 Å². The fraction of sp³-hybridized carbons (Fsp3) is 0.929. The molecular formula is C14H29NO. The van der Waals surface area contributed by atoms with Gasteiger partial charge >= 0.3 is 0 Å². The molecule has 0 aliphatic rings. The molecule has 0 bridgehead atoms. The Morgan fingerprint density at radius 3 is 2.00 bits per heavy atom. The molecule has 0 saturated carbocycles. The molecule has 0 saturated heterocycles. The van der Waals surface area contributed by atoms with Crippen molar-refractivity contribution < 1.29 is 4.79 Å². The minimum absolute atomic E-state index is 0.318. The highest BCUT2D eigenvalue weighted by Gasteiger charge is 2.11. The van der Waals surface area contributed by atoms with Crippen molar-refractivity contribution in [3.05, 3.63) is 0 Å². The lowest BCUT2D eigenvalue weighted by molar-refractivity contribution is -0.117. The van der Waals surface area contributed by atoms with Crippen LogP contribution in [0.15, 0.2) is 0 Å². The highest BCUT2D eigenvalue weighted by Crippen LogP contribution is 2.08. The van der Waals surface area contributed by atoms with Crippen molar-refractivity contribution >= 4 is 5.78 Å². The van der Waals surface area contributed by atoms with Gasteiger partial charge in [-0.3, -0.25) is 0 Å². The molecule has 0 aromatic carbocycles. The maximum atomic E-state index is 11.0. The minimum Gasteiger partial charge on any atom is -0.303 e. The van der Waals surface area contributed by atoms with E-state index in [1.165, 1.54) is 38.8 Å². The zero-order chi connectivity index (χ0) is 12.4. The Morgan fingerprint density at radius 2 is 1.62 bits per heavy atom. The summed E-state index contributed by atoms with van der Waals surface area (Å²) in [7, 11) is 0.